The Labute approximate surface area is 166 Å². The van der Waals surface area contributed by atoms with Crippen molar-refractivity contribution in [1.29, 1.82) is 0 Å². The number of carbonyl (C=O) groups excluding carboxylic acids is 2. The summed E-state index contributed by atoms with van der Waals surface area (Å²) in [5.41, 5.74) is 2.37. The van der Waals surface area contributed by atoms with E-state index in [0.29, 0.717) is 28.6 Å². The van der Waals surface area contributed by atoms with Crippen LogP contribution >= 0.6 is 23.2 Å². The maximum Gasteiger partial charge on any atom is 0.281 e. The summed E-state index contributed by atoms with van der Waals surface area (Å²) in [6.07, 6.45) is 3.08. The first-order chi connectivity index (χ1) is 12.9. The van der Waals surface area contributed by atoms with Gasteiger partial charge in [0.25, 0.3) is 5.91 Å². The van der Waals surface area contributed by atoms with Gasteiger partial charge in [-0.05, 0) is 67.1 Å². The van der Waals surface area contributed by atoms with Crippen molar-refractivity contribution in [3.05, 3.63) is 63.1 Å². The van der Waals surface area contributed by atoms with Crippen LogP contribution in [0.4, 0.5) is 5.69 Å². The Morgan fingerprint density at radius 1 is 1.07 bits per heavy atom. The molecule has 1 fully saturated rings. The predicted molar refractivity (Wildman–Crippen MR) is 104 cm³/mol. The Balaban J connectivity index is 1.61. The quantitative estimate of drug-likeness (QED) is 0.586. The number of hydroxylamine groups is 1. The van der Waals surface area contributed by atoms with Gasteiger partial charge in [-0.15, -0.1) is 0 Å². The SMILES string of the molecule is O=C(c1ccc2c(c1)C[C@]1(CCNC1=O)CC2)N(O)c1ccc(Cl)c(Cl)c1. The van der Waals surface area contributed by atoms with Crippen molar-refractivity contribution in [3.8, 4) is 0 Å². The monoisotopic (exact) mass is 404 g/mol. The summed E-state index contributed by atoms with van der Waals surface area (Å²) in [6, 6.07) is 9.86. The number of rotatable bonds is 2. The maximum atomic E-state index is 12.7. The van der Waals surface area contributed by atoms with Gasteiger partial charge in [0.05, 0.1) is 21.1 Å². The molecule has 5 nitrogen and oxygen atoms in total. The molecule has 2 aromatic rings. The maximum absolute atomic E-state index is 12.7. The second kappa shape index (κ2) is 6.82. The number of hydrogen-bond donors (Lipinski definition) is 2. The lowest BCUT2D eigenvalue weighted by Gasteiger charge is -2.32. The topological polar surface area (TPSA) is 69.6 Å². The number of hydrogen-bond acceptors (Lipinski definition) is 3. The summed E-state index contributed by atoms with van der Waals surface area (Å²) in [6.45, 7) is 0.703. The highest BCUT2D eigenvalue weighted by Crippen LogP contribution is 2.41. The normalized spacial score (nSPS) is 21.1. The number of carbonyl (C=O) groups is 2. The molecule has 0 saturated carbocycles. The number of fused-ring (bicyclic) bond motifs is 1. The van der Waals surface area contributed by atoms with E-state index in [1.54, 1.807) is 12.1 Å². The van der Waals surface area contributed by atoms with Gasteiger partial charge in [0.1, 0.15) is 0 Å². The molecule has 7 heteroatoms. The van der Waals surface area contributed by atoms with Gasteiger partial charge in [-0.1, -0.05) is 29.3 Å². The van der Waals surface area contributed by atoms with Gasteiger partial charge in [0.2, 0.25) is 5.91 Å². The van der Waals surface area contributed by atoms with Gasteiger partial charge in [-0.3, -0.25) is 14.8 Å². The summed E-state index contributed by atoms with van der Waals surface area (Å²) in [5, 5.41) is 14.4. The number of amides is 2. The molecular weight excluding hydrogens is 387 g/mol. The van der Waals surface area contributed by atoms with Crippen LogP contribution in [0.25, 0.3) is 0 Å². The molecule has 140 valence electrons. The van der Waals surface area contributed by atoms with Crippen molar-refractivity contribution in [2.75, 3.05) is 11.6 Å². The van der Waals surface area contributed by atoms with E-state index in [9.17, 15) is 14.8 Å². The van der Waals surface area contributed by atoms with E-state index in [2.05, 4.69) is 5.32 Å². The van der Waals surface area contributed by atoms with Crippen LogP contribution in [0.5, 0.6) is 0 Å². The summed E-state index contributed by atoms with van der Waals surface area (Å²) >= 11 is 11.9. The Kier molecular flexibility index (Phi) is 4.62. The van der Waals surface area contributed by atoms with Crippen LogP contribution in [0, 0.1) is 5.41 Å². The molecule has 0 radical (unpaired) electrons. The number of nitrogens with one attached hydrogen (secondary N) is 1. The van der Waals surface area contributed by atoms with Gasteiger partial charge in [0, 0.05) is 12.1 Å². The average Bonchev–Trinajstić information content (AvgIpc) is 3.01. The van der Waals surface area contributed by atoms with E-state index in [0.717, 1.165) is 30.4 Å². The Morgan fingerprint density at radius 2 is 1.89 bits per heavy atom. The van der Waals surface area contributed by atoms with Crippen LogP contribution in [-0.4, -0.2) is 23.6 Å². The molecule has 1 heterocycles. The van der Waals surface area contributed by atoms with Crippen molar-refractivity contribution >= 4 is 40.7 Å². The highest BCUT2D eigenvalue weighted by Gasteiger charge is 2.44. The van der Waals surface area contributed by atoms with E-state index >= 15 is 0 Å². The summed E-state index contributed by atoms with van der Waals surface area (Å²) in [5.74, 6) is -0.462. The number of anilines is 1. The number of aryl methyl sites for hydroxylation is 1. The van der Waals surface area contributed by atoms with E-state index in [4.69, 9.17) is 23.2 Å². The molecule has 0 aromatic heterocycles. The molecule has 1 aliphatic heterocycles. The first kappa shape index (κ1) is 18.3. The fraction of sp³-hybridized carbons (Fsp3) is 0.300. The van der Waals surface area contributed by atoms with Crippen molar-refractivity contribution in [3.63, 3.8) is 0 Å². The number of benzene rings is 2. The number of nitrogens with zero attached hydrogens (tertiary/aromatic N) is 1. The van der Waals surface area contributed by atoms with E-state index in [-0.39, 0.29) is 22.0 Å². The smallest absolute Gasteiger partial charge is 0.281 e. The molecule has 1 spiro atoms. The fourth-order valence-corrected chi connectivity index (χ4v) is 4.27. The summed E-state index contributed by atoms with van der Waals surface area (Å²) in [7, 11) is 0. The molecule has 2 N–H and O–H groups in total. The van der Waals surface area contributed by atoms with Crippen molar-refractivity contribution in [2.45, 2.75) is 25.7 Å². The molecule has 1 atom stereocenters. The zero-order valence-electron chi connectivity index (χ0n) is 14.5. The summed E-state index contributed by atoms with van der Waals surface area (Å²) in [4.78, 5) is 25.0. The van der Waals surface area contributed by atoms with Crippen LogP contribution in [0.1, 0.15) is 34.3 Å². The lowest BCUT2D eigenvalue weighted by atomic mass is 9.70. The lowest BCUT2D eigenvalue weighted by molar-refractivity contribution is -0.128. The molecule has 1 saturated heterocycles. The first-order valence-corrected chi connectivity index (χ1v) is 9.54. The Hall–Kier alpha value is -2.08. The summed E-state index contributed by atoms with van der Waals surface area (Å²) < 4.78 is 0. The molecule has 1 aliphatic carbocycles. The van der Waals surface area contributed by atoms with Crippen LogP contribution in [-0.2, 0) is 17.6 Å². The molecule has 0 unspecified atom stereocenters. The molecule has 0 bridgehead atoms. The highest BCUT2D eigenvalue weighted by molar-refractivity contribution is 6.42. The van der Waals surface area contributed by atoms with Gasteiger partial charge in [-0.2, -0.15) is 5.06 Å². The molecular formula is C20H18Cl2N2O3. The lowest BCUT2D eigenvalue weighted by Crippen LogP contribution is -2.36. The van der Waals surface area contributed by atoms with Crippen molar-refractivity contribution < 1.29 is 14.8 Å². The van der Waals surface area contributed by atoms with E-state index in [1.165, 1.54) is 18.2 Å². The van der Waals surface area contributed by atoms with Crippen LogP contribution in [0.3, 0.4) is 0 Å². The molecule has 2 aliphatic rings. The largest absolute Gasteiger partial charge is 0.356 e. The zero-order chi connectivity index (χ0) is 19.2. The third kappa shape index (κ3) is 3.20. The average molecular weight is 405 g/mol. The molecule has 2 aromatic carbocycles. The second-order valence-electron chi connectivity index (χ2n) is 7.16. The highest BCUT2D eigenvalue weighted by atomic mass is 35.5. The van der Waals surface area contributed by atoms with Gasteiger partial charge >= 0.3 is 0 Å². The van der Waals surface area contributed by atoms with Crippen LogP contribution in [0.2, 0.25) is 10.0 Å². The third-order valence-electron chi connectivity index (χ3n) is 5.57. The Morgan fingerprint density at radius 3 is 2.59 bits per heavy atom. The third-order valence-corrected chi connectivity index (χ3v) is 6.30. The van der Waals surface area contributed by atoms with Crippen LogP contribution in [0.15, 0.2) is 36.4 Å². The predicted octanol–water partition coefficient (Wildman–Crippen LogP) is 4.02. The Bertz CT molecular complexity index is 947. The minimum Gasteiger partial charge on any atom is -0.356 e. The first-order valence-electron chi connectivity index (χ1n) is 8.78. The standard InChI is InChI=1S/C20H18Cl2N2O3/c21-16-4-3-15(10-17(16)22)24(27)18(25)13-2-1-12-5-6-20(11-14(12)9-13)7-8-23-19(20)26/h1-4,9-10,27H,5-8,11H2,(H,23,26)/t20-/m1/s1. The van der Waals surface area contributed by atoms with Gasteiger partial charge in [-0.25, -0.2) is 0 Å². The second-order valence-corrected chi connectivity index (χ2v) is 7.98. The van der Waals surface area contributed by atoms with Gasteiger partial charge < -0.3 is 5.32 Å². The van der Waals surface area contributed by atoms with E-state index in [1.807, 2.05) is 6.07 Å². The number of halogens is 2. The minimum atomic E-state index is -0.563. The van der Waals surface area contributed by atoms with Crippen LogP contribution < -0.4 is 10.4 Å². The molecule has 2 amide bonds. The molecule has 27 heavy (non-hydrogen) atoms. The fourth-order valence-electron chi connectivity index (χ4n) is 3.97. The minimum absolute atomic E-state index is 0.101. The van der Waals surface area contributed by atoms with E-state index < -0.39 is 5.91 Å². The van der Waals surface area contributed by atoms with Gasteiger partial charge in [0.15, 0.2) is 0 Å². The zero-order valence-corrected chi connectivity index (χ0v) is 16.0. The molecule has 4 rings (SSSR count). The van der Waals surface area contributed by atoms with Crippen molar-refractivity contribution in [2.24, 2.45) is 5.41 Å². The van der Waals surface area contributed by atoms with Crippen molar-refractivity contribution in [1.82, 2.24) is 5.32 Å².